The summed E-state index contributed by atoms with van der Waals surface area (Å²) in [4.78, 5) is 34.1. The van der Waals surface area contributed by atoms with Crippen LogP contribution < -0.4 is 15.3 Å². The fourth-order valence-corrected chi connectivity index (χ4v) is 14.8. The molecule has 1 aliphatic carbocycles. The molecule has 4 atom stereocenters. The summed E-state index contributed by atoms with van der Waals surface area (Å²) >= 11 is 0. The number of carbonyl (C=O) groups excluding carboxylic acids is 2. The fraction of sp³-hybridized carbons (Fsp3) is 0.278. The zero-order valence-electron chi connectivity index (χ0n) is 37.9. The van der Waals surface area contributed by atoms with E-state index in [0.29, 0.717) is 39.3 Å². The Balaban J connectivity index is 1.24. The molecule has 8 rings (SSSR count). The molecule has 0 spiro atoms. The second kappa shape index (κ2) is 19.2. The molecule has 69 heavy (non-hydrogen) atoms. The van der Waals surface area contributed by atoms with Crippen LogP contribution in [-0.2, 0) is 26.4 Å². The largest absolute Gasteiger partial charge is 0.507 e. The number of hydrogen-bond donors (Lipinski definition) is 3. The number of benzene rings is 5. The van der Waals surface area contributed by atoms with Crippen LogP contribution in [0.15, 0.2) is 151 Å². The van der Waals surface area contributed by atoms with Gasteiger partial charge in [0.15, 0.2) is 0 Å². The summed E-state index contributed by atoms with van der Waals surface area (Å²) < 4.78 is 92.1. The van der Waals surface area contributed by atoms with Gasteiger partial charge in [-0.05, 0) is 105 Å². The number of pyridine rings is 1. The highest BCUT2D eigenvalue weighted by molar-refractivity contribution is 6.99. The molecule has 1 aromatic heterocycles. The Morgan fingerprint density at radius 2 is 1.36 bits per heavy atom. The van der Waals surface area contributed by atoms with E-state index in [9.17, 15) is 51.3 Å². The molecule has 6 aromatic rings. The topological polar surface area (TPSA) is 120 Å². The minimum atomic E-state index is -5.26. The number of amides is 2. The Bertz CT molecular complexity index is 2850. The Morgan fingerprint density at radius 1 is 0.783 bits per heavy atom. The molecule has 0 bridgehead atoms. The van der Waals surface area contributed by atoms with Gasteiger partial charge in [0, 0.05) is 17.5 Å². The lowest BCUT2D eigenvalue weighted by Crippen LogP contribution is -2.66. The Labute approximate surface area is 396 Å². The number of hydrogen-bond acceptors (Lipinski definition) is 7. The molecule has 5 aromatic carbocycles. The zero-order valence-corrected chi connectivity index (χ0v) is 38.9. The molecule has 358 valence electrons. The number of imide groups is 1. The van der Waals surface area contributed by atoms with Crippen LogP contribution in [0.4, 0.5) is 32.0 Å². The maximum absolute atomic E-state index is 14.6. The number of anilines is 1. The predicted molar refractivity (Wildman–Crippen MR) is 255 cm³/mol. The summed E-state index contributed by atoms with van der Waals surface area (Å²) in [6.45, 7) is 5.16. The molecule has 1 aliphatic heterocycles. The molecule has 1 fully saturated rings. The molecule has 0 unspecified atom stereocenters. The van der Waals surface area contributed by atoms with Gasteiger partial charge in [0.25, 0.3) is 8.32 Å². The second-order valence-electron chi connectivity index (χ2n) is 18.6. The first-order chi connectivity index (χ1) is 32.7. The second-order valence-corrected chi connectivity index (χ2v) is 22.9. The van der Waals surface area contributed by atoms with E-state index in [1.165, 1.54) is 0 Å². The highest BCUT2D eigenvalue weighted by Gasteiger charge is 2.57. The number of alkyl halides is 6. The van der Waals surface area contributed by atoms with Gasteiger partial charge in [0.1, 0.15) is 5.75 Å². The van der Waals surface area contributed by atoms with E-state index in [1.807, 2.05) is 91.0 Å². The first-order valence-electron chi connectivity index (χ1n) is 22.5. The van der Waals surface area contributed by atoms with Crippen molar-refractivity contribution in [1.82, 2.24) is 4.98 Å². The minimum Gasteiger partial charge on any atom is -0.507 e. The Kier molecular flexibility index (Phi) is 13.6. The number of fused-ring (bicyclic) bond motifs is 2. The van der Waals surface area contributed by atoms with E-state index in [2.05, 4.69) is 25.8 Å². The van der Waals surface area contributed by atoms with Crippen molar-refractivity contribution in [2.45, 2.75) is 63.5 Å². The molecule has 2 heterocycles. The van der Waals surface area contributed by atoms with Crippen LogP contribution in [0.5, 0.6) is 5.75 Å². The summed E-state index contributed by atoms with van der Waals surface area (Å²) in [5.74, 6) is -6.12. The van der Waals surface area contributed by atoms with Crippen LogP contribution in [-0.4, -0.2) is 59.8 Å². The van der Waals surface area contributed by atoms with Crippen molar-refractivity contribution in [3.63, 3.8) is 0 Å². The number of aromatic hydroxyl groups is 1. The lowest BCUT2D eigenvalue weighted by atomic mass is 9.68. The maximum atomic E-state index is 14.6. The van der Waals surface area contributed by atoms with E-state index in [-0.39, 0.29) is 43.3 Å². The number of rotatable bonds is 13. The molecule has 0 saturated carbocycles. The standard InChI is InChI=1S/C54H50F6N2O6Si/c1-52(2,3)69(39-14-6-4-7-15-39,40-16-8-5-9-17-40)68-32-35-27-43-49(51(67)62(50(43)66)38-29-36(53(55,56)57)28-37(30-38)54(58,59)60)44(31-63)48(35)47(65)24-22-34(45-20-12-13-25-61-45)26-33-21-23-46(64)42-19-11-10-18-41(33)42/h4-21,23,25-26,28-30,43-44,47,49,63-65H,22,24,27,31-32H2,1-3H3/b34-26-/t43-,44+,47-,49-/m1/s1. The van der Waals surface area contributed by atoms with Gasteiger partial charge < -0.3 is 19.7 Å². The van der Waals surface area contributed by atoms with E-state index >= 15 is 0 Å². The highest BCUT2D eigenvalue weighted by Crippen LogP contribution is 2.50. The Morgan fingerprint density at radius 3 is 1.91 bits per heavy atom. The summed E-state index contributed by atoms with van der Waals surface area (Å²) in [5.41, 5.74) is -1.70. The third-order valence-electron chi connectivity index (χ3n) is 13.4. The summed E-state index contributed by atoms with van der Waals surface area (Å²) in [5, 5.41) is 37.2. The van der Waals surface area contributed by atoms with Crippen LogP contribution in [0.1, 0.15) is 62.4 Å². The van der Waals surface area contributed by atoms with Crippen LogP contribution in [0.3, 0.4) is 0 Å². The molecule has 2 amide bonds. The van der Waals surface area contributed by atoms with E-state index in [0.717, 1.165) is 21.3 Å². The molecule has 1 saturated heterocycles. The lowest BCUT2D eigenvalue weighted by molar-refractivity contribution is -0.143. The van der Waals surface area contributed by atoms with E-state index in [1.54, 1.807) is 36.5 Å². The minimum absolute atomic E-state index is 0.0151. The van der Waals surface area contributed by atoms with Crippen molar-refractivity contribution in [2.75, 3.05) is 18.1 Å². The number of aliphatic hydroxyl groups excluding tert-OH is 2. The molecular formula is C54H50F6N2O6Si. The van der Waals surface area contributed by atoms with Gasteiger partial charge >= 0.3 is 12.4 Å². The van der Waals surface area contributed by atoms with Crippen molar-refractivity contribution in [3.8, 4) is 5.75 Å². The molecule has 8 nitrogen and oxygen atoms in total. The number of aliphatic hydroxyl groups is 2. The van der Waals surface area contributed by atoms with Crippen LogP contribution in [0.2, 0.25) is 5.04 Å². The molecule has 15 heteroatoms. The number of phenols is 1. The summed E-state index contributed by atoms with van der Waals surface area (Å²) in [7, 11) is -3.35. The average molecular weight is 965 g/mol. The van der Waals surface area contributed by atoms with E-state index in [4.69, 9.17) is 4.43 Å². The monoisotopic (exact) mass is 964 g/mol. The van der Waals surface area contributed by atoms with Gasteiger partial charge in [0.05, 0.1) is 53.7 Å². The van der Waals surface area contributed by atoms with Gasteiger partial charge in [-0.3, -0.25) is 14.6 Å². The number of aromatic nitrogens is 1. The predicted octanol–water partition coefficient (Wildman–Crippen LogP) is 10.4. The maximum Gasteiger partial charge on any atom is 0.416 e. The number of phenolic OH excluding ortho intramolecular Hbond substituents is 1. The smallest absolute Gasteiger partial charge is 0.416 e. The molecule has 2 aliphatic rings. The van der Waals surface area contributed by atoms with Crippen molar-refractivity contribution >= 4 is 58.6 Å². The third kappa shape index (κ3) is 9.52. The quantitative estimate of drug-likeness (QED) is 0.0456. The molecule has 3 N–H and O–H groups in total. The van der Waals surface area contributed by atoms with Crippen LogP contribution >= 0.6 is 0 Å². The summed E-state index contributed by atoms with van der Waals surface area (Å²) in [6.07, 6.45) is -8.49. The average Bonchev–Trinajstić information content (AvgIpc) is 3.58. The van der Waals surface area contributed by atoms with Gasteiger partial charge in [-0.2, -0.15) is 26.3 Å². The van der Waals surface area contributed by atoms with Gasteiger partial charge in [-0.1, -0.05) is 118 Å². The molecule has 0 radical (unpaired) electrons. The number of nitrogens with zero attached hydrogens (tertiary/aromatic N) is 2. The summed E-state index contributed by atoms with van der Waals surface area (Å²) in [6, 6.07) is 35.9. The van der Waals surface area contributed by atoms with Gasteiger partial charge in [-0.15, -0.1) is 0 Å². The van der Waals surface area contributed by atoms with Crippen LogP contribution in [0.25, 0.3) is 22.4 Å². The SMILES string of the molecule is CC(C)(C)[Si](OCC1=C([C@H](O)CC/C(=C/c2ccc(O)c3ccccc23)c2ccccn2)[C@H](CO)[C@@H]2C(=O)N(c3cc(C(F)(F)F)cc(C(F)(F)F)c3)C(=O)[C@@H]2C1)(c1ccccc1)c1ccccc1. The fourth-order valence-electron chi connectivity index (χ4n) is 10.3. The van der Waals surface area contributed by atoms with Crippen LogP contribution in [0, 0.1) is 17.8 Å². The number of halogens is 6. The van der Waals surface area contributed by atoms with E-state index < -0.39 is 84.8 Å². The highest BCUT2D eigenvalue weighted by atomic mass is 28.4. The van der Waals surface area contributed by atoms with Gasteiger partial charge in [0.2, 0.25) is 11.8 Å². The first-order valence-corrected chi connectivity index (χ1v) is 24.4. The van der Waals surface area contributed by atoms with Gasteiger partial charge in [-0.25, -0.2) is 4.90 Å². The Hall–Kier alpha value is -6.39. The van der Waals surface area contributed by atoms with Crippen molar-refractivity contribution in [3.05, 3.63) is 173 Å². The molecular weight excluding hydrogens is 915 g/mol. The normalized spacial score (nSPS) is 18.8. The van der Waals surface area contributed by atoms with Crippen molar-refractivity contribution < 1.29 is 55.7 Å². The third-order valence-corrected chi connectivity index (χ3v) is 18.4. The van der Waals surface area contributed by atoms with Crippen molar-refractivity contribution in [2.24, 2.45) is 17.8 Å². The number of allylic oxidation sites excluding steroid dienone is 1. The van der Waals surface area contributed by atoms with Crippen molar-refractivity contribution in [1.29, 1.82) is 0 Å². The first kappa shape index (κ1) is 49.0. The number of carbonyl (C=O) groups is 2. The lowest BCUT2D eigenvalue weighted by Gasteiger charge is -2.44. The zero-order chi connectivity index (χ0) is 49.5.